The molecule has 0 spiro atoms. The number of nitrogens with one attached hydrogen (secondary N) is 1. The van der Waals surface area contributed by atoms with Gasteiger partial charge in [0.1, 0.15) is 5.75 Å². The summed E-state index contributed by atoms with van der Waals surface area (Å²) < 4.78 is 6.45. The van der Waals surface area contributed by atoms with Gasteiger partial charge in [-0.3, -0.25) is 0 Å². The Kier molecular flexibility index (Phi) is 3.70. The molecule has 1 atom stereocenters. The van der Waals surface area contributed by atoms with E-state index < -0.39 is 0 Å². The largest absolute Gasteiger partial charge is 0.497 e. The molecule has 0 heterocycles. The van der Waals surface area contributed by atoms with Crippen LogP contribution in [0.3, 0.4) is 0 Å². The molecule has 0 saturated carbocycles. The first-order valence-corrected chi connectivity index (χ1v) is 7.66. The van der Waals surface area contributed by atoms with Crippen LogP contribution in [0.4, 0.5) is 5.69 Å². The smallest absolute Gasteiger partial charge is 0.119 e. The number of hydrogen-bond donors (Lipinski definition) is 1. The second-order valence-corrected chi connectivity index (χ2v) is 6.14. The standard InChI is InChI=1S/C17H18BrNO/c1-11-3-7-15(18)17(9-11)19-16-8-5-12-4-6-13(20-2)10-14(12)16/h3-4,6-7,9-10,16,19H,5,8H2,1-2H3. The fraction of sp³-hybridized carbons (Fsp3) is 0.294. The van der Waals surface area contributed by atoms with Crippen molar-refractivity contribution in [3.8, 4) is 5.75 Å². The van der Waals surface area contributed by atoms with Gasteiger partial charge in [-0.2, -0.15) is 0 Å². The van der Waals surface area contributed by atoms with Crippen molar-refractivity contribution in [3.05, 3.63) is 57.6 Å². The highest BCUT2D eigenvalue weighted by atomic mass is 79.9. The summed E-state index contributed by atoms with van der Waals surface area (Å²) in [6, 6.07) is 13.1. The molecule has 0 radical (unpaired) electrons. The van der Waals surface area contributed by atoms with E-state index in [2.05, 4.69) is 58.5 Å². The van der Waals surface area contributed by atoms with Gasteiger partial charge in [0.2, 0.25) is 0 Å². The van der Waals surface area contributed by atoms with Crippen LogP contribution < -0.4 is 10.1 Å². The van der Waals surface area contributed by atoms with Gasteiger partial charge in [0.15, 0.2) is 0 Å². The van der Waals surface area contributed by atoms with Gasteiger partial charge in [0, 0.05) is 10.2 Å². The second kappa shape index (κ2) is 5.49. The van der Waals surface area contributed by atoms with E-state index in [1.807, 2.05) is 6.07 Å². The van der Waals surface area contributed by atoms with Gasteiger partial charge in [-0.15, -0.1) is 0 Å². The lowest BCUT2D eigenvalue weighted by Gasteiger charge is -2.18. The molecule has 0 bridgehead atoms. The summed E-state index contributed by atoms with van der Waals surface area (Å²) in [6.07, 6.45) is 2.25. The summed E-state index contributed by atoms with van der Waals surface area (Å²) >= 11 is 3.62. The van der Waals surface area contributed by atoms with Crippen molar-refractivity contribution < 1.29 is 4.74 Å². The lowest BCUT2D eigenvalue weighted by molar-refractivity contribution is 0.414. The Morgan fingerprint density at radius 1 is 1.20 bits per heavy atom. The Morgan fingerprint density at radius 2 is 2.05 bits per heavy atom. The van der Waals surface area contributed by atoms with Gasteiger partial charge in [0.05, 0.1) is 13.2 Å². The monoisotopic (exact) mass is 331 g/mol. The van der Waals surface area contributed by atoms with Crippen LogP contribution in [0.5, 0.6) is 5.75 Å². The zero-order valence-electron chi connectivity index (χ0n) is 11.7. The van der Waals surface area contributed by atoms with E-state index in [0.717, 1.165) is 28.8 Å². The van der Waals surface area contributed by atoms with E-state index in [4.69, 9.17) is 4.74 Å². The molecule has 1 aliphatic carbocycles. The highest BCUT2D eigenvalue weighted by molar-refractivity contribution is 9.10. The molecule has 3 heteroatoms. The molecule has 2 aromatic rings. The van der Waals surface area contributed by atoms with Gasteiger partial charge in [-0.1, -0.05) is 12.1 Å². The molecule has 2 aromatic carbocycles. The first-order chi connectivity index (χ1) is 9.67. The average Bonchev–Trinajstić information content (AvgIpc) is 2.85. The molecule has 0 aromatic heterocycles. The fourth-order valence-electron chi connectivity index (χ4n) is 2.79. The zero-order chi connectivity index (χ0) is 14.1. The SMILES string of the molecule is COc1ccc2c(c1)C(Nc1cc(C)ccc1Br)CC2. The van der Waals surface area contributed by atoms with Crippen LogP contribution >= 0.6 is 15.9 Å². The molecule has 1 N–H and O–H groups in total. The first kappa shape index (κ1) is 13.5. The number of anilines is 1. The predicted molar refractivity (Wildman–Crippen MR) is 86.6 cm³/mol. The second-order valence-electron chi connectivity index (χ2n) is 5.28. The molecule has 0 saturated heterocycles. The third kappa shape index (κ3) is 2.55. The summed E-state index contributed by atoms with van der Waals surface area (Å²) in [7, 11) is 1.72. The number of ether oxygens (including phenoxy) is 1. The Hall–Kier alpha value is -1.48. The third-order valence-corrected chi connectivity index (χ3v) is 4.57. The molecule has 0 amide bonds. The van der Waals surface area contributed by atoms with Gasteiger partial charge < -0.3 is 10.1 Å². The lowest BCUT2D eigenvalue weighted by Crippen LogP contribution is -2.08. The van der Waals surface area contributed by atoms with Gasteiger partial charge in [0.25, 0.3) is 0 Å². The van der Waals surface area contributed by atoms with Crippen molar-refractivity contribution in [2.45, 2.75) is 25.8 Å². The normalized spacial score (nSPS) is 16.9. The number of methoxy groups -OCH3 is 1. The zero-order valence-corrected chi connectivity index (χ0v) is 13.3. The average molecular weight is 332 g/mol. The number of benzene rings is 2. The Labute approximate surface area is 128 Å². The molecule has 0 aliphatic heterocycles. The molecule has 2 nitrogen and oxygen atoms in total. The van der Waals surface area contributed by atoms with Crippen molar-refractivity contribution in [2.75, 3.05) is 12.4 Å². The molecule has 104 valence electrons. The summed E-state index contributed by atoms with van der Waals surface area (Å²) in [6.45, 7) is 2.11. The minimum absolute atomic E-state index is 0.359. The number of hydrogen-bond acceptors (Lipinski definition) is 2. The Bertz CT molecular complexity index is 639. The maximum absolute atomic E-state index is 5.34. The number of halogens is 1. The minimum Gasteiger partial charge on any atom is -0.497 e. The van der Waals surface area contributed by atoms with E-state index in [1.165, 1.54) is 16.7 Å². The highest BCUT2D eigenvalue weighted by Crippen LogP contribution is 2.37. The van der Waals surface area contributed by atoms with E-state index in [9.17, 15) is 0 Å². The third-order valence-electron chi connectivity index (χ3n) is 3.88. The molecule has 0 fully saturated rings. The van der Waals surface area contributed by atoms with Gasteiger partial charge >= 0.3 is 0 Å². The van der Waals surface area contributed by atoms with E-state index in [0.29, 0.717) is 6.04 Å². The summed E-state index contributed by atoms with van der Waals surface area (Å²) in [5.41, 5.74) is 5.20. The summed E-state index contributed by atoms with van der Waals surface area (Å²) in [5, 5.41) is 3.66. The van der Waals surface area contributed by atoms with Crippen LogP contribution in [-0.2, 0) is 6.42 Å². The topological polar surface area (TPSA) is 21.3 Å². The van der Waals surface area contributed by atoms with Crippen molar-refractivity contribution in [1.82, 2.24) is 0 Å². The predicted octanol–water partition coefficient (Wildman–Crippen LogP) is 4.87. The molecular formula is C17H18BrNO. The van der Waals surface area contributed by atoms with E-state index in [-0.39, 0.29) is 0 Å². The number of fused-ring (bicyclic) bond motifs is 1. The number of rotatable bonds is 3. The summed E-state index contributed by atoms with van der Waals surface area (Å²) in [4.78, 5) is 0. The minimum atomic E-state index is 0.359. The fourth-order valence-corrected chi connectivity index (χ4v) is 3.16. The first-order valence-electron chi connectivity index (χ1n) is 6.87. The molecule has 1 aliphatic rings. The molecule has 20 heavy (non-hydrogen) atoms. The maximum atomic E-state index is 5.34. The van der Waals surface area contributed by atoms with Crippen LogP contribution in [0.1, 0.15) is 29.2 Å². The summed E-state index contributed by atoms with van der Waals surface area (Å²) in [5.74, 6) is 0.931. The van der Waals surface area contributed by atoms with Crippen molar-refractivity contribution in [3.63, 3.8) is 0 Å². The van der Waals surface area contributed by atoms with Crippen LogP contribution in [0.2, 0.25) is 0 Å². The molecular weight excluding hydrogens is 314 g/mol. The van der Waals surface area contributed by atoms with E-state index in [1.54, 1.807) is 7.11 Å². The number of aryl methyl sites for hydroxylation is 2. The molecule has 3 rings (SSSR count). The van der Waals surface area contributed by atoms with Gasteiger partial charge in [-0.05, 0) is 76.7 Å². The lowest BCUT2D eigenvalue weighted by atomic mass is 10.1. The van der Waals surface area contributed by atoms with Crippen molar-refractivity contribution >= 4 is 21.6 Å². The van der Waals surface area contributed by atoms with Crippen molar-refractivity contribution in [1.29, 1.82) is 0 Å². The Balaban J connectivity index is 1.89. The quantitative estimate of drug-likeness (QED) is 0.866. The van der Waals surface area contributed by atoms with Crippen LogP contribution in [0.15, 0.2) is 40.9 Å². The van der Waals surface area contributed by atoms with E-state index >= 15 is 0 Å². The molecule has 1 unspecified atom stereocenters. The van der Waals surface area contributed by atoms with Crippen LogP contribution in [0, 0.1) is 6.92 Å². The van der Waals surface area contributed by atoms with Crippen LogP contribution in [0.25, 0.3) is 0 Å². The van der Waals surface area contributed by atoms with Crippen LogP contribution in [-0.4, -0.2) is 7.11 Å². The maximum Gasteiger partial charge on any atom is 0.119 e. The van der Waals surface area contributed by atoms with Gasteiger partial charge in [-0.25, -0.2) is 0 Å². The Morgan fingerprint density at radius 3 is 2.85 bits per heavy atom. The van der Waals surface area contributed by atoms with Crippen molar-refractivity contribution in [2.24, 2.45) is 0 Å². The highest BCUT2D eigenvalue weighted by Gasteiger charge is 2.23.